The van der Waals surface area contributed by atoms with E-state index in [2.05, 4.69) is 18.9 Å². The van der Waals surface area contributed by atoms with Gasteiger partial charge in [0.05, 0.1) is 16.4 Å². The van der Waals surface area contributed by atoms with E-state index in [1.54, 1.807) is 0 Å². The Morgan fingerprint density at radius 2 is 2.06 bits per heavy atom. The van der Waals surface area contributed by atoms with Crippen molar-refractivity contribution < 1.29 is 0 Å². The number of benzene rings is 1. The number of nitrogens with zero attached hydrogens (tertiary/aromatic N) is 2. The Bertz CT molecular complexity index is 544. The molecular weight excluding hydrogens is 234 g/mol. The van der Waals surface area contributed by atoms with Crippen molar-refractivity contribution in [3.05, 3.63) is 35.1 Å². The molecule has 90 valence electrons. The SMILES string of the molecule is Cc1nn(C(C)C)cc1-c1ccc(Cl)c(N)c1. The van der Waals surface area contributed by atoms with E-state index in [0.29, 0.717) is 16.8 Å². The van der Waals surface area contributed by atoms with Crippen LogP contribution in [0.2, 0.25) is 5.02 Å². The maximum atomic E-state index is 5.92. The first-order valence-electron chi connectivity index (χ1n) is 5.60. The predicted octanol–water partition coefficient (Wildman–Crippen LogP) is 3.68. The summed E-state index contributed by atoms with van der Waals surface area (Å²) in [4.78, 5) is 0. The minimum atomic E-state index is 0.354. The van der Waals surface area contributed by atoms with E-state index < -0.39 is 0 Å². The summed E-state index contributed by atoms with van der Waals surface area (Å²) in [7, 11) is 0. The van der Waals surface area contributed by atoms with E-state index >= 15 is 0 Å². The molecule has 0 saturated carbocycles. The minimum absolute atomic E-state index is 0.354. The molecule has 0 radical (unpaired) electrons. The van der Waals surface area contributed by atoms with Crippen LogP contribution in [-0.4, -0.2) is 9.78 Å². The average molecular weight is 250 g/mol. The Morgan fingerprint density at radius 1 is 1.35 bits per heavy atom. The van der Waals surface area contributed by atoms with E-state index in [1.807, 2.05) is 36.0 Å². The van der Waals surface area contributed by atoms with Crippen molar-refractivity contribution in [3.63, 3.8) is 0 Å². The lowest BCUT2D eigenvalue weighted by Crippen LogP contribution is -2.00. The monoisotopic (exact) mass is 249 g/mol. The Morgan fingerprint density at radius 3 is 2.59 bits per heavy atom. The van der Waals surface area contributed by atoms with Crippen LogP contribution in [0.1, 0.15) is 25.6 Å². The number of hydrogen-bond acceptors (Lipinski definition) is 2. The van der Waals surface area contributed by atoms with Crippen LogP contribution >= 0.6 is 11.6 Å². The molecule has 0 saturated heterocycles. The Labute approximate surface area is 106 Å². The van der Waals surface area contributed by atoms with Gasteiger partial charge in [-0.2, -0.15) is 5.10 Å². The van der Waals surface area contributed by atoms with Gasteiger partial charge in [0.15, 0.2) is 0 Å². The summed E-state index contributed by atoms with van der Waals surface area (Å²) in [5.74, 6) is 0. The molecule has 0 aliphatic heterocycles. The van der Waals surface area contributed by atoms with Gasteiger partial charge in [-0.25, -0.2) is 0 Å². The van der Waals surface area contributed by atoms with E-state index in [-0.39, 0.29) is 0 Å². The normalized spacial score (nSPS) is 11.1. The van der Waals surface area contributed by atoms with E-state index in [9.17, 15) is 0 Å². The molecule has 3 nitrogen and oxygen atoms in total. The van der Waals surface area contributed by atoms with Gasteiger partial charge in [0.1, 0.15) is 0 Å². The predicted molar refractivity (Wildman–Crippen MR) is 72.2 cm³/mol. The first kappa shape index (κ1) is 12.0. The minimum Gasteiger partial charge on any atom is -0.398 e. The fourth-order valence-corrected chi connectivity index (χ4v) is 1.86. The highest BCUT2D eigenvalue weighted by Gasteiger charge is 2.10. The first-order valence-corrected chi connectivity index (χ1v) is 5.98. The molecule has 17 heavy (non-hydrogen) atoms. The van der Waals surface area contributed by atoms with Crippen molar-refractivity contribution in [2.45, 2.75) is 26.8 Å². The standard InChI is InChI=1S/C13H16ClN3/c1-8(2)17-7-11(9(3)16-17)10-4-5-12(14)13(15)6-10/h4-8H,15H2,1-3H3. The molecule has 0 unspecified atom stereocenters. The molecule has 0 spiro atoms. The van der Waals surface area contributed by atoms with Crippen LogP contribution < -0.4 is 5.73 Å². The zero-order valence-corrected chi connectivity index (χ0v) is 11.0. The van der Waals surface area contributed by atoms with Gasteiger partial charge in [0.2, 0.25) is 0 Å². The Kier molecular flexibility index (Phi) is 3.11. The van der Waals surface area contributed by atoms with Gasteiger partial charge in [-0.1, -0.05) is 17.7 Å². The summed E-state index contributed by atoms with van der Waals surface area (Å²) >= 11 is 5.92. The molecule has 1 heterocycles. The van der Waals surface area contributed by atoms with E-state index in [4.69, 9.17) is 17.3 Å². The molecular formula is C13H16ClN3. The first-order chi connectivity index (χ1) is 7.99. The van der Waals surface area contributed by atoms with Crippen molar-refractivity contribution in [2.75, 3.05) is 5.73 Å². The van der Waals surface area contributed by atoms with Gasteiger partial charge in [-0.05, 0) is 38.5 Å². The molecule has 2 N–H and O–H groups in total. The molecule has 1 aromatic heterocycles. The number of rotatable bonds is 2. The summed E-state index contributed by atoms with van der Waals surface area (Å²) in [6.07, 6.45) is 2.04. The lowest BCUT2D eigenvalue weighted by molar-refractivity contribution is 0.529. The number of nitrogen functional groups attached to an aromatic ring is 1. The van der Waals surface area contributed by atoms with Crippen LogP contribution in [0.25, 0.3) is 11.1 Å². The van der Waals surface area contributed by atoms with Gasteiger partial charge in [0.25, 0.3) is 0 Å². The summed E-state index contributed by atoms with van der Waals surface area (Å²) in [5.41, 5.74) is 9.57. The molecule has 2 aromatic rings. The highest BCUT2D eigenvalue weighted by Crippen LogP contribution is 2.29. The second-order valence-electron chi connectivity index (χ2n) is 4.44. The van der Waals surface area contributed by atoms with Crippen LogP contribution in [0.15, 0.2) is 24.4 Å². The Hall–Kier alpha value is -1.48. The summed E-state index contributed by atoms with van der Waals surface area (Å²) in [6, 6.07) is 6.02. The number of anilines is 1. The average Bonchev–Trinajstić information content (AvgIpc) is 2.65. The fraction of sp³-hybridized carbons (Fsp3) is 0.308. The maximum absolute atomic E-state index is 5.92. The van der Waals surface area contributed by atoms with Crippen molar-refractivity contribution in [3.8, 4) is 11.1 Å². The quantitative estimate of drug-likeness (QED) is 0.826. The Balaban J connectivity index is 2.49. The maximum Gasteiger partial charge on any atom is 0.0672 e. The van der Waals surface area contributed by atoms with E-state index in [0.717, 1.165) is 16.8 Å². The molecule has 0 aliphatic carbocycles. The third-order valence-electron chi connectivity index (χ3n) is 2.75. The topological polar surface area (TPSA) is 43.8 Å². The van der Waals surface area contributed by atoms with Crippen molar-refractivity contribution in [1.29, 1.82) is 0 Å². The number of aromatic nitrogens is 2. The second-order valence-corrected chi connectivity index (χ2v) is 4.85. The lowest BCUT2D eigenvalue weighted by Gasteiger charge is -2.04. The van der Waals surface area contributed by atoms with Gasteiger partial charge >= 0.3 is 0 Å². The van der Waals surface area contributed by atoms with Crippen LogP contribution in [0, 0.1) is 6.92 Å². The molecule has 1 aromatic carbocycles. The smallest absolute Gasteiger partial charge is 0.0672 e. The third-order valence-corrected chi connectivity index (χ3v) is 3.10. The van der Waals surface area contributed by atoms with Gasteiger partial charge in [0, 0.05) is 17.8 Å². The molecule has 0 bridgehead atoms. The zero-order chi connectivity index (χ0) is 12.6. The molecule has 0 atom stereocenters. The van der Waals surface area contributed by atoms with Crippen LogP contribution in [0.3, 0.4) is 0 Å². The van der Waals surface area contributed by atoms with Gasteiger partial charge < -0.3 is 5.73 Å². The number of hydrogen-bond donors (Lipinski definition) is 1. The molecule has 0 fully saturated rings. The number of aryl methyl sites for hydroxylation is 1. The molecule has 2 rings (SSSR count). The number of halogens is 1. The van der Waals surface area contributed by atoms with Crippen LogP contribution in [0.4, 0.5) is 5.69 Å². The van der Waals surface area contributed by atoms with Crippen LogP contribution in [-0.2, 0) is 0 Å². The van der Waals surface area contributed by atoms with Crippen molar-refractivity contribution >= 4 is 17.3 Å². The van der Waals surface area contributed by atoms with Crippen LogP contribution in [0.5, 0.6) is 0 Å². The largest absolute Gasteiger partial charge is 0.398 e. The summed E-state index contributed by atoms with van der Waals surface area (Å²) in [6.45, 7) is 6.21. The highest BCUT2D eigenvalue weighted by atomic mass is 35.5. The number of nitrogens with two attached hydrogens (primary N) is 1. The van der Waals surface area contributed by atoms with Gasteiger partial charge in [-0.15, -0.1) is 0 Å². The molecule has 0 amide bonds. The van der Waals surface area contributed by atoms with Gasteiger partial charge in [-0.3, -0.25) is 4.68 Å². The molecule has 0 aliphatic rings. The fourth-order valence-electron chi connectivity index (χ4n) is 1.74. The summed E-state index contributed by atoms with van der Waals surface area (Å²) < 4.78 is 1.95. The summed E-state index contributed by atoms with van der Waals surface area (Å²) in [5, 5.41) is 5.07. The molecule has 4 heteroatoms. The zero-order valence-electron chi connectivity index (χ0n) is 10.2. The lowest BCUT2D eigenvalue weighted by atomic mass is 10.1. The second kappa shape index (κ2) is 4.41. The van der Waals surface area contributed by atoms with Crippen molar-refractivity contribution in [2.24, 2.45) is 0 Å². The highest BCUT2D eigenvalue weighted by molar-refractivity contribution is 6.33. The van der Waals surface area contributed by atoms with Crippen molar-refractivity contribution in [1.82, 2.24) is 9.78 Å². The third kappa shape index (κ3) is 2.29. The van der Waals surface area contributed by atoms with E-state index in [1.165, 1.54) is 0 Å².